The fraction of sp³-hybridized carbons (Fsp3) is 0.200. The Morgan fingerprint density at radius 1 is 0.750 bits per heavy atom. The van der Waals surface area contributed by atoms with Crippen molar-refractivity contribution >= 4 is 23.0 Å². The largest absolute Gasteiger partial charge is 0.300 e. The first kappa shape index (κ1) is 14.7. The summed E-state index contributed by atoms with van der Waals surface area (Å²) >= 11 is 0. The maximum absolute atomic E-state index is 4.65. The van der Waals surface area contributed by atoms with Crippen LogP contribution in [-0.4, -0.2) is 15.6 Å². The zero-order chi connectivity index (χ0) is 16.7. The highest BCUT2D eigenvalue weighted by molar-refractivity contribution is 5.85. The maximum atomic E-state index is 4.65. The van der Waals surface area contributed by atoms with Gasteiger partial charge in [0, 0.05) is 23.8 Å². The molecule has 0 bridgehead atoms. The second kappa shape index (κ2) is 5.34. The molecule has 1 aliphatic heterocycles. The Hall–Kier alpha value is -2.88. The SMILES string of the molecule is Cc1ccccc1N1c2nccnc2N(c2ccccc2)C1(C)C. The van der Waals surface area contributed by atoms with Gasteiger partial charge >= 0.3 is 0 Å². The lowest BCUT2D eigenvalue weighted by molar-refractivity contribution is 0.536. The van der Waals surface area contributed by atoms with E-state index in [2.05, 4.69) is 89.1 Å². The van der Waals surface area contributed by atoms with Crippen LogP contribution in [0.3, 0.4) is 0 Å². The minimum absolute atomic E-state index is 0.322. The fourth-order valence-electron chi connectivity index (χ4n) is 3.50. The van der Waals surface area contributed by atoms with E-state index in [4.69, 9.17) is 0 Å². The lowest BCUT2D eigenvalue weighted by Crippen LogP contribution is -2.48. The molecule has 0 aliphatic carbocycles. The number of aromatic nitrogens is 2. The van der Waals surface area contributed by atoms with E-state index in [0.717, 1.165) is 23.0 Å². The van der Waals surface area contributed by atoms with Crippen LogP contribution in [0.5, 0.6) is 0 Å². The summed E-state index contributed by atoms with van der Waals surface area (Å²) < 4.78 is 0. The Morgan fingerprint density at radius 3 is 2.00 bits per heavy atom. The lowest BCUT2D eigenvalue weighted by atomic mass is 10.1. The van der Waals surface area contributed by atoms with Crippen molar-refractivity contribution in [2.45, 2.75) is 26.4 Å². The molecule has 0 saturated heterocycles. The van der Waals surface area contributed by atoms with Crippen LogP contribution in [0.2, 0.25) is 0 Å². The number of anilines is 4. The molecule has 0 fully saturated rings. The molecule has 4 heteroatoms. The normalized spacial score (nSPS) is 15.5. The Balaban J connectivity index is 1.96. The first-order valence-electron chi connectivity index (χ1n) is 8.13. The summed E-state index contributed by atoms with van der Waals surface area (Å²) in [5, 5.41) is 0. The van der Waals surface area contributed by atoms with Gasteiger partial charge < -0.3 is 0 Å². The average molecular weight is 316 g/mol. The minimum Gasteiger partial charge on any atom is -0.300 e. The van der Waals surface area contributed by atoms with Crippen molar-refractivity contribution in [1.82, 2.24) is 9.97 Å². The van der Waals surface area contributed by atoms with Crippen LogP contribution in [0.4, 0.5) is 23.0 Å². The lowest BCUT2D eigenvalue weighted by Gasteiger charge is -2.40. The summed E-state index contributed by atoms with van der Waals surface area (Å²) in [7, 11) is 0. The van der Waals surface area contributed by atoms with E-state index in [-0.39, 0.29) is 5.66 Å². The summed E-state index contributed by atoms with van der Waals surface area (Å²) in [5.74, 6) is 1.78. The molecule has 4 rings (SSSR count). The molecule has 120 valence electrons. The monoisotopic (exact) mass is 316 g/mol. The van der Waals surface area contributed by atoms with Crippen LogP contribution in [-0.2, 0) is 0 Å². The second-order valence-electron chi connectivity index (χ2n) is 6.49. The van der Waals surface area contributed by atoms with Gasteiger partial charge in [-0.25, -0.2) is 9.97 Å². The zero-order valence-electron chi connectivity index (χ0n) is 14.1. The third-order valence-corrected chi connectivity index (χ3v) is 4.55. The average Bonchev–Trinajstić information content (AvgIpc) is 2.82. The van der Waals surface area contributed by atoms with E-state index in [1.54, 1.807) is 12.4 Å². The highest BCUT2D eigenvalue weighted by Gasteiger charge is 2.46. The summed E-state index contributed by atoms with van der Waals surface area (Å²) in [6.45, 7) is 6.54. The molecule has 3 aromatic rings. The van der Waals surface area contributed by atoms with Gasteiger partial charge in [-0.05, 0) is 44.5 Å². The molecule has 0 saturated carbocycles. The standard InChI is InChI=1S/C20H20N4/c1-15-9-7-8-12-17(15)24-19-18(21-13-14-22-19)23(20(24,2)3)16-10-5-4-6-11-16/h4-14H,1-3H3. The molecular formula is C20H20N4. The quantitative estimate of drug-likeness (QED) is 0.679. The summed E-state index contributed by atoms with van der Waals surface area (Å²) in [5.41, 5.74) is 3.16. The molecular weight excluding hydrogens is 296 g/mol. The van der Waals surface area contributed by atoms with E-state index >= 15 is 0 Å². The number of benzene rings is 2. The predicted molar refractivity (Wildman–Crippen MR) is 98.0 cm³/mol. The Bertz CT molecular complexity index is 874. The van der Waals surface area contributed by atoms with E-state index in [1.165, 1.54) is 5.56 Å². The van der Waals surface area contributed by atoms with Crippen LogP contribution < -0.4 is 9.80 Å². The number of aryl methyl sites for hydroxylation is 1. The van der Waals surface area contributed by atoms with Gasteiger partial charge in [0.05, 0.1) is 0 Å². The van der Waals surface area contributed by atoms with E-state index < -0.39 is 0 Å². The van der Waals surface area contributed by atoms with Crippen molar-refractivity contribution in [3.05, 3.63) is 72.6 Å². The summed E-state index contributed by atoms with van der Waals surface area (Å²) in [6.07, 6.45) is 3.51. The molecule has 0 unspecified atom stereocenters. The first-order valence-corrected chi connectivity index (χ1v) is 8.13. The molecule has 0 radical (unpaired) electrons. The maximum Gasteiger partial charge on any atom is 0.178 e. The van der Waals surface area contributed by atoms with Crippen molar-refractivity contribution < 1.29 is 0 Å². The van der Waals surface area contributed by atoms with Crippen molar-refractivity contribution in [3.8, 4) is 0 Å². The van der Waals surface area contributed by atoms with Gasteiger partial charge in [-0.2, -0.15) is 0 Å². The topological polar surface area (TPSA) is 32.3 Å². The molecule has 0 amide bonds. The molecule has 24 heavy (non-hydrogen) atoms. The van der Waals surface area contributed by atoms with Crippen molar-refractivity contribution in [2.24, 2.45) is 0 Å². The van der Waals surface area contributed by atoms with Crippen LogP contribution >= 0.6 is 0 Å². The van der Waals surface area contributed by atoms with Crippen LogP contribution in [0, 0.1) is 6.92 Å². The summed E-state index contributed by atoms with van der Waals surface area (Å²) in [6, 6.07) is 18.8. The molecule has 0 atom stereocenters. The van der Waals surface area contributed by atoms with Crippen molar-refractivity contribution in [1.29, 1.82) is 0 Å². The molecule has 1 aliphatic rings. The number of nitrogens with zero attached hydrogens (tertiary/aromatic N) is 4. The molecule has 2 heterocycles. The van der Waals surface area contributed by atoms with E-state index in [9.17, 15) is 0 Å². The molecule has 0 N–H and O–H groups in total. The van der Waals surface area contributed by atoms with E-state index in [0.29, 0.717) is 0 Å². The Kier molecular flexibility index (Phi) is 3.27. The molecule has 2 aromatic carbocycles. The van der Waals surface area contributed by atoms with Gasteiger partial charge in [-0.15, -0.1) is 0 Å². The first-order chi connectivity index (χ1) is 11.6. The third-order valence-electron chi connectivity index (χ3n) is 4.55. The Labute approximate surface area is 142 Å². The smallest absolute Gasteiger partial charge is 0.178 e. The van der Waals surface area contributed by atoms with E-state index in [1.807, 2.05) is 6.07 Å². The highest BCUT2D eigenvalue weighted by atomic mass is 15.5. The molecule has 4 nitrogen and oxygen atoms in total. The number of hydrogen-bond donors (Lipinski definition) is 0. The van der Waals surface area contributed by atoms with Crippen molar-refractivity contribution in [2.75, 3.05) is 9.80 Å². The fourth-order valence-corrected chi connectivity index (χ4v) is 3.50. The zero-order valence-corrected chi connectivity index (χ0v) is 14.1. The van der Waals surface area contributed by atoms with Gasteiger partial charge in [-0.1, -0.05) is 36.4 Å². The van der Waals surface area contributed by atoms with Gasteiger partial charge in [0.15, 0.2) is 11.6 Å². The number of hydrogen-bond acceptors (Lipinski definition) is 4. The molecule has 1 aromatic heterocycles. The minimum atomic E-state index is -0.322. The van der Waals surface area contributed by atoms with Crippen LogP contribution in [0.1, 0.15) is 19.4 Å². The van der Waals surface area contributed by atoms with Gasteiger partial charge in [-0.3, -0.25) is 9.80 Å². The molecule has 0 spiro atoms. The van der Waals surface area contributed by atoms with Gasteiger partial charge in [0.2, 0.25) is 0 Å². The van der Waals surface area contributed by atoms with Crippen LogP contribution in [0.25, 0.3) is 0 Å². The van der Waals surface area contributed by atoms with Gasteiger partial charge in [0.25, 0.3) is 0 Å². The van der Waals surface area contributed by atoms with Crippen molar-refractivity contribution in [3.63, 3.8) is 0 Å². The Morgan fingerprint density at radius 2 is 1.33 bits per heavy atom. The predicted octanol–water partition coefficient (Wildman–Crippen LogP) is 4.81. The van der Waals surface area contributed by atoms with Crippen LogP contribution in [0.15, 0.2) is 67.0 Å². The van der Waals surface area contributed by atoms with Gasteiger partial charge in [0.1, 0.15) is 5.66 Å². The highest BCUT2D eigenvalue weighted by Crippen LogP contribution is 2.50. The third kappa shape index (κ3) is 2.07. The number of rotatable bonds is 2. The number of para-hydroxylation sites is 2. The second-order valence-corrected chi connectivity index (χ2v) is 6.49. The number of fused-ring (bicyclic) bond motifs is 1. The summed E-state index contributed by atoms with van der Waals surface area (Å²) in [4.78, 5) is 13.8.